The fourth-order valence-electron chi connectivity index (χ4n) is 4.61. The van der Waals surface area contributed by atoms with E-state index in [1.165, 1.54) is 19.2 Å². The highest BCUT2D eigenvalue weighted by atomic mass is 19.1. The molecule has 0 fully saturated rings. The van der Waals surface area contributed by atoms with Crippen molar-refractivity contribution in [1.29, 1.82) is 5.26 Å². The van der Waals surface area contributed by atoms with Gasteiger partial charge in [0.15, 0.2) is 5.82 Å². The van der Waals surface area contributed by atoms with Crippen LogP contribution in [0.4, 0.5) is 15.9 Å². The van der Waals surface area contributed by atoms with Gasteiger partial charge in [-0.1, -0.05) is 24.8 Å². The summed E-state index contributed by atoms with van der Waals surface area (Å²) in [5.74, 6) is -0.0342. The number of halogens is 1. The largest absolute Gasteiger partial charge is 0.424 e. The highest BCUT2D eigenvalue weighted by Crippen LogP contribution is 2.44. The van der Waals surface area contributed by atoms with Crippen molar-refractivity contribution in [2.45, 2.75) is 13.8 Å². The quantitative estimate of drug-likeness (QED) is 0.263. The average molecular weight is 534 g/mol. The lowest BCUT2D eigenvalue weighted by molar-refractivity contribution is -0.111. The van der Waals surface area contributed by atoms with Gasteiger partial charge in [-0.2, -0.15) is 10.2 Å². The van der Waals surface area contributed by atoms with E-state index in [0.717, 1.165) is 34.1 Å². The number of benzene rings is 2. The molecular formula is C30H24FN7O2. The maximum absolute atomic E-state index is 13.6. The standard InChI is InChI=1S/C30H24FN7O2/c1-5-24(39)37-21-9-6-18(7-10-21)27-25(26-28(38(27)4)20(13-32)14-34-29(26)33)19-8-11-23(16(2)12-19)40-30-35-15-22(31)17(3)36-30/h5-12,14-15H,1H2,2-4H3,(H2,33,34)(H,37,39). The number of nitrogen functional groups attached to an aromatic ring is 1. The van der Waals surface area contributed by atoms with Crippen LogP contribution in [0.5, 0.6) is 11.8 Å². The van der Waals surface area contributed by atoms with Crippen molar-refractivity contribution in [1.82, 2.24) is 19.5 Å². The predicted molar refractivity (Wildman–Crippen MR) is 151 cm³/mol. The molecular weight excluding hydrogens is 509 g/mol. The topological polar surface area (TPSA) is 132 Å². The highest BCUT2D eigenvalue weighted by Gasteiger charge is 2.24. The molecule has 2 aromatic carbocycles. The number of amides is 1. The van der Waals surface area contributed by atoms with Gasteiger partial charge in [0.1, 0.15) is 17.6 Å². The first-order chi connectivity index (χ1) is 19.2. The van der Waals surface area contributed by atoms with Crippen molar-refractivity contribution in [2.75, 3.05) is 11.1 Å². The Morgan fingerprint density at radius 1 is 1.15 bits per heavy atom. The van der Waals surface area contributed by atoms with Gasteiger partial charge in [0.2, 0.25) is 5.91 Å². The fourth-order valence-corrected chi connectivity index (χ4v) is 4.61. The van der Waals surface area contributed by atoms with E-state index in [2.05, 4.69) is 32.9 Å². The van der Waals surface area contributed by atoms with Crippen molar-refractivity contribution in [2.24, 2.45) is 7.05 Å². The molecule has 0 aliphatic heterocycles. The van der Waals surface area contributed by atoms with Crippen molar-refractivity contribution in [3.63, 3.8) is 0 Å². The van der Waals surface area contributed by atoms with Crippen LogP contribution in [-0.4, -0.2) is 25.4 Å². The van der Waals surface area contributed by atoms with E-state index >= 15 is 0 Å². The highest BCUT2D eigenvalue weighted by molar-refractivity contribution is 6.11. The third-order valence-corrected chi connectivity index (χ3v) is 6.53. The number of hydrogen-bond acceptors (Lipinski definition) is 7. The lowest BCUT2D eigenvalue weighted by Crippen LogP contribution is -2.06. The van der Waals surface area contributed by atoms with Crippen molar-refractivity contribution >= 4 is 28.3 Å². The first kappa shape index (κ1) is 26.1. The van der Waals surface area contributed by atoms with E-state index in [0.29, 0.717) is 27.9 Å². The number of aromatic nitrogens is 4. The monoisotopic (exact) mass is 533 g/mol. The fraction of sp³-hybridized carbons (Fsp3) is 0.100. The molecule has 0 saturated heterocycles. The summed E-state index contributed by atoms with van der Waals surface area (Å²) in [6, 6.07) is 15.2. The minimum Gasteiger partial charge on any atom is -0.424 e. The maximum Gasteiger partial charge on any atom is 0.322 e. The minimum absolute atomic E-state index is 0.0383. The van der Waals surface area contributed by atoms with E-state index in [1.54, 1.807) is 18.2 Å². The second-order valence-corrected chi connectivity index (χ2v) is 9.11. The molecule has 0 spiro atoms. The number of ether oxygens (including phenoxy) is 1. The van der Waals surface area contributed by atoms with Gasteiger partial charge in [0.25, 0.3) is 0 Å². The Morgan fingerprint density at radius 3 is 2.52 bits per heavy atom. The lowest BCUT2D eigenvalue weighted by atomic mass is 9.96. The zero-order valence-electron chi connectivity index (χ0n) is 22.0. The molecule has 3 aromatic heterocycles. The van der Waals surface area contributed by atoms with Crippen molar-refractivity contribution in [3.8, 4) is 40.2 Å². The number of nitrogens with zero attached hydrogens (tertiary/aromatic N) is 5. The number of aryl methyl sites for hydroxylation is 3. The molecule has 0 radical (unpaired) electrons. The molecule has 1 amide bonds. The summed E-state index contributed by atoms with van der Waals surface area (Å²) in [5, 5.41) is 13.2. The van der Waals surface area contributed by atoms with Crippen molar-refractivity contribution in [3.05, 3.63) is 90.2 Å². The summed E-state index contributed by atoms with van der Waals surface area (Å²) in [6.07, 6.45) is 3.74. The third kappa shape index (κ3) is 4.61. The molecule has 5 rings (SSSR count). The zero-order valence-corrected chi connectivity index (χ0v) is 22.0. The molecule has 0 aliphatic carbocycles. The Hall–Kier alpha value is -5.56. The van der Waals surface area contributed by atoms with Gasteiger partial charge in [0.05, 0.1) is 34.1 Å². The van der Waals surface area contributed by atoms with E-state index < -0.39 is 5.82 Å². The first-order valence-electron chi connectivity index (χ1n) is 12.2. The van der Waals surface area contributed by atoms with E-state index in [9.17, 15) is 14.4 Å². The molecule has 0 atom stereocenters. The van der Waals surface area contributed by atoms with Crippen LogP contribution in [0.25, 0.3) is 33.3 Å². The number of pyridine rings is 1. The van der Waals surface area contributed by atoms with E-state index in [1.807, 2.05) is 42.8 Å². The molecule has 9 nitrogen and oxygen atoms in total. The van der Waals surface area contributed by atoms with Gasteiger partial charge in [0, 0.05) is 24.5 Å². The second-order valence-electron chi connectivity index (χ2n) is 9.11. The normalized spacial score (nSPS) is 10.8. The van der Waals surface area contributed by atoms with Crippen LogP contribution < -0.4 is 15.8 Å². The Kier molecular flexibility index (Phi) is 6.71. The molecule has 0 bridgehead atoms. The Bertz CT molecular complexity index is 1850. The Labute approximate surface area is 229 Å². The number of nitriles is 1. The van der Waals surface area contributed by atoms with Crippen LogP contribution in [0.3, 0.4) is 0 Å². The number of carbonyl (C=O) groups excluding carboxylic acids is 1. The van der Waals surface area contributed by atoms with Crippen LogP contribution in [0, 0.1) is 31.0 Å². The van der Waals surface area contributed by atoms with Gasteiger partial charge in [-0.05, 0) is 60.9 Å². The number of nitrogens with one attached hydrogen (secondary N) is 1. The summed E-state index contributed by atoms with van der Waals surface area (Å²) in [4.78, 5) is 24.0. The molecule has 40 heavy (non-hydrogen) atoms. The summed E-state index contributed by atoms with van der Waals surface area (Å²) in [6.45, 7) is 6.89. The van der Waals surface area contributed by atoms with Crippen LogP contribution in [-0.2, 0) is 11.8 Å². The zero-order chi connectivity index (χ0) is 28.6. The van der Waals surface area contributed by atoms with Gasteiger partial charge in [-0.25, -0.2) is 14.4 Å². The lowest BCUT2D eigenvalue weighted by Gasteiger charge is -2.13. The molecule has 10 heteroatoms. The number of nitrogens with two attached hydrogens (primary N) is 1. The predicted octanol–water partition coefficient (Wildman–Crippen LogP) is 5.82. The number of fused-ring (bicyclic) bond motifs is 1. The van der Waals surface area contributed by atoms with Gasteiger partial charge in [-0.15, -0.1) is 0 Å². The summed E-state index contributed by atoms with van der Waals surface area (Å²) < 4.78 is 21.4. The number of rotatable bonds is 6. The molecule has 0 aliphatic rings. The van der Waals surface area contributed by atoms with E-state index in [4.69, 9.17) is 10.5 Å². The molecule has 0 saturated carbocycles. The third-order valence-electron chi connectivity index (χ3n) is 6.53. The SMILES string of the molecule is C=CC(=O)Nc1ccc(-c2c(-c3ccc(Oc4ncc(F)c(C)n4)c(C)c3)c3c(N)ncc(C#N)c3n2C)cc1. The number of anilines is 2. The molecule has 3 N–H and O–H groups in total. The van der Waals surface area contributed by atoms with Crippen LogP contribution in [0.15, 0.2) is 67.5 Å². The maximum atomic E-state index is 13.6. The van der Waals surface area contributed by atoms with Gasteiger partial charge in [-0.3, -0.25) is 4.79 Å². The molecule has 5 aromatic rings. The average Bonchev–Trinajstić information content (AvgIpc) is 3.26. The van der Waals surface area contributed by atoms with Crippen LogP contribution >= 0.6 is 0 Å². The molecule has 0 unspecified atom stereocenters. The summed E-state index contributed by atoms with van der Waals surface area (Å²) in [7, 11) is 1.87. The Morgan fingerprint density at radius 2 is 1.88 bits per heavy atom. The van der Waals surface area contributed by atoms with Gasteiger partial charge < -0.3 is 20.4 Å². The Balaban J connectivity index is 1.67. The van der Waals surface area contributed by atoms with Gasteiger partial charge >= 0.3 is 6.01 Å². The first-order valence-corrected chi connectivity index (χ1v) is 12.2. The smallest absolute Gasteiger partial charge is 0.322 e. The van der Waals surface area contributed by atoms with Crippen LogP contribution in [0.2, 0.25) is 0 Å². The summed E-state index contributed by atoms with van der Waals surface area (Å²) >= 11 is 0. The molecule has 198 valence electrons. The van der Waals surface area contributed by atoms with Crippen LogP contribution in [0.1, 0.15) is 16.8 Å². The number of hydrogen-bond donors (Lipinski definition) is 2. The number of carbonyl (C=O) groups is 1. The molecule has 3 heterocycles. The minimum atomic E-state index is -0.512. The van der Waals surface area contributed by atoms with E-state index in [-0.39, 0.29) is 23.4 Å². The van der Waals surface area contributed by atoms with Crippen molar-refractivity contribution < 1.29 is 13.9 Å². The second kappa shape index (κ2) is 10.3. The summed E-state index contributed by atoms with van der Waals surface area (Å²) in [5.41, 5.74) is 12.3.